The lowest BCUT2D eigenvalue weighted by molar-refractivity contribution is -0.119. The van der Waals surface area contributed by atoms with Gasteiger partial charge < -0.3 is 14.9 Å². The SMILES string of the molecule is NC(=O)COc1ccc(S(=O)(=O)NCc2ccc(-c3ccco3)nc2)cc1. The van der Waals surface area contributed by atoms with Crippen molar-refractivity contribution in [3.8, 4) is 17.2 Å². The number of ether oxygens (including phenoxy) is 1. The molecule has 0 atom stereocenters. The maximum Gasteiger partial charge on any atom is 0.255 e. The first-order valence-electron chi connectivity index (χ1n) is 7.94. The van der Waals surface area contributed by atoms with Crippen molar-refractivity contribution in [2.75, 3.05) is 6.61 Å². The third-order valence-electron chi connectivity index (χ3n) is 3.58. The first-order valence-corrected chi connectivity index (χ1v) is 9.42. The molecule has 3 N–H and O–H groups in total. The molecule has 0 aliphatic carbocycles. The normalized spacial score (nSPS) is 11.3. The van der Waals surface area contributed by atoms with Gasteiger partial charge in [0.05, 0.1) is 11.2 Å². The minimum absolute atomic E-state index is 0.0779. The van der Waals surface area contributed by atoms with Gasteiger partial charge in [-0.15, -0.1) is 0 Å². The van der Waals surface area contributed by atoms with Crippen molar-refractivity contribution in [2.45, 2.75) is 11.4 Å². The van der Waals surface area contributed by atoms with Crippen molar-refractivity contribution >= 4 is 15.9 Å². The quantitative estimate of drug-likeness (QED) is 0.606. The highest BCUT2D eigenvalue weighted by Gasteiger charge is 2.14. The van der Waals surface area contributed by atoms with Crippen LogP contribution >= 0.6 is 0 Å². The van der Waals surface area contributed by atoms with E-state index in [0.29, 0.717) is 22.8 Å². The Bertz CT molecular complexity index is 998. The zero-order valence-corrected chi connectivity index (χ0v) is 15.0. The molecule has 140 valence electrons. The molecule has 0 unspecified atom stereocenters. The standard InChI is InChI=1S/C18H17N3O5S/c19-18(22)12-26-14-4-6-15(7-5-14)27(23,24)21-11-13-3-8-16(20-10-13)17-2-1-9-25-17/h1-10,21H,11-12H2,(H2,19,22). The third-order valence-corrected chi connectivity index (χ3v) is 5.00. The number of hydrogen-bond donors (Lipinski definition) is 2. The summed E-state index contributed by atoms with van der Waals surface area (Å²) in [7, 11) is -3.70. The van der Waals surface area contributed by atoms with Crippen LogP contribution in [0.3, 0.4) is 0 Å². The molecule has 2 aromatic heterocycles. The van der Waals surface area contributed by atoms with E-state index in [9.17, 15) is 13.2 Å². The Kier molecular flexibility index (Phi) is 5.53. The summed E-state index contributed by atoms with van der Waals surface area (Å²) in [6.07, 6.45) is 3.14. The molecule has 1 amide bonds. The number of carbonyl (C=O) groups excluding carboxylic acids is 1. The van der Waals surface area contributed by atoms with Crippen molar-refractivity contribution in [1.82, 2.24) is 9.71 Å². The van der Waals surface area contributed by atoms with Crippen LogP contribution in [0.1, 0.15) is 5.56 Å². The highest BCUT2D eigenvalue weighted by Crippen LogP contribution is 2.18. The molecule has 3 rings (SSSR count). The molecule has 3 aromatic rings. The molecule has 2 heterocycles. The Hall–Kier alpha value is -3.17. The van der Waals surface area contributed by atoms with Gasteiger partial charge in [-0.05, 0) is 48.0 Å². The molecule has 0 spiro atoms. The fourth-order valence-electron chi connectivity index (χ4n) is 2.23. The first kappa shape index (κ1) is 18.6. The Labute approximate surface area is 156 Å². The van der Waals surface area contributed by atoms with Gasteiger partial charge in [-0.1, -0.05) is 6.07 Å². The van der Waals surface area contributed by atoms with Gasteiger partial charge in [0.2, 0.25) is 10.0 Å². The highest BCUT2D eigenvalue weighted by atomic mass is 32.2. The molecule has 0 bridgehead atoms. The number of primary amides is 1. The number of furan rings is 1. The molecule has 9 heteroatoms. The van der Waals surface area contributed by atoms with Crippen LogP contribution in [0.2, 0.25) is 0 Å². The maximum atomic E-state index is 12.4. The molecule has 0 fully saturated rings. The second-order valence-electron chi connectivity index (χ2n) is 5.58. The molecule has 0 saturated heterocycles. The topological polar surface area (TPSA) is 125 Å². The van der Waals surface area contributed by atoms with Gasteiger partial charge in [0, 0.05) is 12.7 Å². The monoisotopic (exact) mass is 387 g/mol. The summed E-state index contributed by atoms with van der Waals surface area (Å²) in [5.41, 5.74) is 6.36. The van der Waals surface area contributed by atoms with E-state index in [2.05, 4.69) is 9.71 Å². The molecule has 27 heavy (non-hydrogen) atoms. The number of aromatic nitrogens is 1. The molecule has 0 aliphatic heterocycles. The Balaban J connectivity index is 1.62. The van der Waals surface area contributed by atoms with E-state index in [0.717, 1.165) is 0 Å². The van der Waals surface area contributed by atoms with E-state index in [1.165, 1.54) is 24.3 Å². The van der Waals surface area contributed by atoms with Gasteiger partial charge in [-0.3, -0.25) is 9.78 Å². The molecule has 0 saturated carbocycles. The molecule has 1 aromatic carbocycles. The molecule has 0 radical (unpaired) electrons. The Morgan fingerprint density at radius 3 is 2.52 bits per heavy atom. The minimum Gasteiger partial charge on any atom is -0.484 e. The average Bonchev–Trinajstić information content (AvgIpc) is 3.20. The summed E-state index contributed by atoms with van der Waals surface area (Å²) in [5, 5.41) is 0. The zero-order valence-electron chi connectivity index (χ0n) is 14.2. The van der Waals surface area contributed by atoms with E-state index in [4.69, 9.17) is 14.9 Å². The Morgan fingerprint density at radius 1 is 1.15 bits per heavy atom. The summed E-state index contributed by atoms with van der Waals surface area (Å²) in [6, 6.07) is 12.8. The number of rotatable bonds is 8. The molecular weight excluding hydrogens is 370 g/mol. The van der Waals surface area contributed by atoms with Crippen LogP contribution in [0.4, 0.5) is 0 Å². The van der Waals surface area contributed by atoms with E-state index in [1.807, 2.05) is 0 Å². The van der Waals surface area contributed by atoms with Crippen LogP contribution in [0.5, 0.6) is 5.75 Å². The predicted octanol–water partition coefficient (Wildman–Crippen LogP) is 1.68. The van der Waals surface area contributed by atoms with Crippen LogP contribution in [0.25, 0.3) is 11.5 Å². The summed E-state index contributed by atoms with van der Waals surface area (Å²) < 4.78 is 37.6. The average molecular weight is 387 g/mol. The summed E-state index contributed by atoms with van der Waals surface area (Å²) in [5.74, 6) is 0.381. The first-order chi connectivity index (χ1) is 12.9. The fourth-order valence-corrected chi connectivity index (χ4v) is 3.25. The van der Waals surface area contributed by atoms with Crippen molar-refractivity contribution in [1.29, 1.82) is 0 Å². The van der Waals surface area contributed by atoms with Crippen LogP contribution in [-0.2, 0) is 21.4 Å². The summed E-state index contributed by atoms with van der Waals surface area (Å²) in [4.78, 5) is 15.0. The van der Waals surface area contributed by atoms with E-state index < -0.39 is 15.9 Å². The number of amides is 1. The van der Waals surface area contributed by atoms with Crippen LogP contribution in [-0.4, -0.2) is 25.9 Å². The summed E-state index contributed by atoms with van der Waals surface area (Å²) in [6.45, 7) is -0.182. The molecule has 8 nitrogen and oxygen atoms in total. The van der Waals surface area contributed by atoms with Gasteiger partial charge in [-0.2, -0.15) is 0 Å². The Morgan fingerprint density at radius 2 is 1.93 bits per heavy atom. The van der Waals surface area contributed by atoms with E-state index in [1.54, 1.807) is 36.7 Å². The minimum atomic E-state index is -3.70. The van der Waals surface area contributed by atoms with Crippen molar-refractivity contribution in [2.24, 2.45) is 5.73 Å². The maximum absolute atomic E-state index is 12.4. The van der Waals surface area contributed by atoms with E-state index in [-0.39, 0.29) is 18.0 Å². The van der Waals surface area contributed by atoms with Gasteiger partial charge in [-0.25, -0.2) is 13.1 Å². The van der Waals surface area contributed by atoms with Gasteiger partial charge in [0.15, 0.2) is 12.4 Å². The van der Waals surface area contributed by atoms with Crippen LogP contribution < -0.4 is 15.2 Å². The molecule has 0 aliphatic rings. The summed E-state index contributed by atoms with van der Waals surface area (Å²) >= 11 is 0. The number of benzene rings is 1. The van der Waals surface area contributed by atoms with E-state index >= 15 is 0 Å². The smallest absolute Gasteiger partial charge is 0.255 e. The number of nitrogens with zero attached hydrogens (tertiary/aromatic N) is 1. The second kappa shape index (κ2) is 8.02. The number of hydrogen-bond acceptors (Lipinski definition) is 6. The lowest BCUT2D eigenvalue weighted by atomic mass is 10.2. The van der Waals surface area contributed by atoms with Gasteiger partial charge in [0.25, 0.3) is 5.91 Å². The van der Waals surface area contributed by atoms with Crippen LogP contribution in [0, 0.1) is 0 Å². The van der Waals surface area contributed by atoms with Crippen molar-refractivity contribution in [3.05, 3.63) is 66.6 Å². The number of carbonyl (C=O) groups is 1. The zero-order chi connectivity index (χ0) is 19.3. The molecular formula is C18H17N3O5S. The fraction of sp³-hybridized carbons (Fsp3) is 0.111. The number of pyridine rings is 1. The number of sulfonamides is 1. The largest absolute Gasteiger partial charge is 0.484 e. The van der Waals surface area contributed by atoms with Crippen molar-refractivity contribution in [3.63, 3.8) is 0 Å². The van der Waals surface area contributed by atoms with Crippen molar-refractivity contribution < 1.29 is 22.4 Å². The lowest BCUT2D eigenvalue weighted by Gasteiger charge is -2.08. The van der Waals surface area contributed by atoms with Gasteiger partial charge in [0.1, 0.15) is 11.4 Å². The number of nitrogens with two attached hydrogens (primary N) is 1. The lowest BCUT2D eigenvalue weighted by Crippen LogP contribution is -2.23. The van der Waals surface area contributed by atoms with Gasteiger partial charge >= 0.3 is 0 Å². The number of nitrogens with one attached hydrogen (secondary N) is 1. The van der Waals surface area contributed by atoms with Crippen LogP contribution in [0.15, 0.2) is 70.3 Å². The third kappa shape index (κ3) is 4.93. The predicted molar refractivity (Wildman–Crippen MR) is 97.1 cm³/mol. The highest BCUT2D eigenvalue weighted by molar-refractivity contribution is 7.89. The second-order valence-corrected chi connectivity index (χ2v) is 7.35.